The summed E-state index contributed by atoms with van der Waals surface area (Å²) in [6, 6.07) is 23.3. The smallest absolute Gasteiger partial charge is 0.0901 e. The molecule has 3 aromatic carbocycles. The van der Waals surface area contributed by atoms with Crippen molar-refractivity contribution in [2.45, 2.75) is 18.2 Å². The Morgan fingerprint density at radius 1 is 1.00 bits per heavy atom. The highest BCUT2D eigenvalue weighted by molar-refractivity contribution is 8.01. The van der Waals surface area contributed by atoms with Gasteiger partial charge in [0.15, 0.2) is 0 Å². The van der Waals surface area contributed by atoms with E-state index in [1.807, 2.05) is 6.07 Å². The number of rotatable bonds is 5. The third-order valence-electron chi connectivity index (χ3n) is 3.72. The van der Waals surface area contributed by atoms with E-state index in [4.69, 9.17) is 12.2 Å². The van der Waals surface area contributed by atoms with E-state index in [1.54, 1.807) is 11.8 Å². The van der Waals surface area contributed by atoms with Gasteiger partial charge in [-0.3, -0.25) is 0 Å². The van der Waals surface area contributed by atoms with E-state index in [0.717, 1.165) is 22.8 Å². The predicted molar refractivity (Wildman–Crippen MR) is 107 cm³/mol. The SMILES string of the molecule is CCc1cc(NC(=S)CSc2ccccc2)c2ccccc2c1. The van der Waals surface area contributed by atoms with E-state index < -0.39 is 0 Å². The fourth-order valence-corrected chi connectivity index (χ4v) is 3.54. The molecule has 0 heterocycles. The molecule has 0 atom stereocenters. The Bertz CT molecular complexity index is 812. The van der Waals surface area contributed by atoms with Crippen molar-refractivity contribution in [3.8, 4) is 0 Å². The Labute approximate surface area is 147 Å². The van der Waals surface area contributed by atoms with Gasteiger partial charge in [-0.2, -0.15) is 0 Å². The molecule has 0 aliphatic heterocycles. The van der Waals surface area contributed by atoms with Crippen LogP contribution in [0.4, 0.5) is 5.69 Å². The Morgan fingerprint density at radius 2 is 1.74 bits per heavy atom. The number of hydrogen-bond donors (Lipinski definition) is 1. The number of anilines is 1. The third kappa shape index (κ3) is 4.12. The summed E-state index contributed by atoms with van der Waals surface area (Å²) < 4.78 is 0. The Balaban J connectivity index is 1.76. The number of fused-ring (bicyclic) bond motifs is 1. The first kappa shape index (κ1) is 16.0. The Hall–Kier alpha value is -1.84. The second kappa shape index (κ2) is 7.62. The van der Waals surface area contributed by atoms with E-state index in [1.165, 1.54) is 21.2 Å². The van der Waals surface area contributed by atoms with E-state index in [0.29, 0.717) is 0 Å². The molecule has 0 unspecified atom stereocenters. The van der Waals surface area contributed by atoms with Crippen molar-refractivity contribution in [1.29, 1.82) is 0 Å². The fourth-order valence-electron chi connectivity index (χ4n) is 2.53. The predicted octanol–water partition coefficient (Wildman–Crippen LogP) is 5.93. The first-order chi connectivity index (χ1) is 11.3. The van der Waals surface area contributed by atoms with Gasteiger partial charge in [-0.25, -0.2) is 0 Å². The molecule has 0 radical (unpaired) electrons. The highest BCUT2D eigenvalue weighted by Crippen LogP contribution is 2.26. The molecule has 3 rings (SSSR count). The Kier molecular flexibility index (Phi) is 5.31. The van der Waals surface area contributed by atoms with Gasteiger partial charge in [-0.1, -0.05) is 67.7 Å². The molecule has 0 aromatic heterocycles. The lowest BCUT2D eigenvalue weighted by molar-refractivity contribution is 1.15. The monoisotopic (exact) mass is 337 g/mol. The molecule has 0 spiro atoms. The van der Waals surface area contributed by atoms with Crippen LogP contribution in [0.1, 0.15) is 12.5 Å². The van der Waals surface area contributed by atoms with Crippen LogP contribution in [0.25, 0.3) is 10.8 Å². The number of aryl methyl sites for hydroxylation is 1. The van der Waals surface area contributed by atoms with Crippen LogP contribution < -0.4 is 5.32 Å². The highest BCUT2D eigenvalue weighted by Gasteiger charge is 2.06. The van der Waals surface area contributed by atoms with Crippen LogP contribution in [0, 0.1) is 0 Å². The minimum absolute atomic E-state index is 0.782. The number of thioether (sulfide) groups is 1. The van der Waals surface area contributed by atoms with Gasteiger partial charge >= 0.3 is 0 Å². The molecule has 0 aliphatic rings. The van der Waals surface area contributed by atoms with Crippen molar-refractivity contribution in [2.24, 2.45) is 0 Å². The van der Waals surface area contributed by atoms with Crippen molar-refractivity contribution < 1.29 is 0 Å². The topological polar surface area (TPSA) is 12.0 Å². The molecule has 1 N–H and O–H groups in total. The molecule has 0 amide bonds. The zero-order chi connectivity index (χ0) is 16.1. The first-order valence-electron chi connectivity index (χ1n) is 7.75. The lowest BCUT2D eigenvalue weighted by Crippen LogP contribution is -2.12. The van der Waals surface area contributed by atoms with Crippen LogP contribution in [0.5, 0.6) is 0 Å². The molecule has 0 saturated carbocycles. The summed E-state index contributed by atoms with van der Waals surface area (Å²) in [5.41, 5.74) is 2.43. The third-order valence-corrected chi connectivity index (χ3v) is 5.18. The molecular formula is C20H19NS2. The van der Waals surface area contributed by atoms with Crippen molar-refractivity contribution in [2.75, 3.05) is 11.1 Å². The first-order valence-corrected chi connectivity index (χ1v) is 9.15. The molecule has 3 aromatic rings. The van der Waals surface area contributed by atoms with Crippen LogP contribution >= 0.6 is 24.0 Å². The van der Waals surface area contributed by atoms with Crippen LogP contribution in [-0.4, -0.2) is 10.7 Å². The maximum Gasteiger partial charge on any atom is 0.0901 e. The number of thiocarbonyl (C=S) groups is 1. The Morgan fingerprint density at radius 3 is 2.52 bits per heavy atom. The van der Waals surface area contributed by atoms with Crippen molar-refractivity contribution in [3.63, 3.8) is 0 Å². The molecule has 0 bridgehead atoms. The van der Waals surface area contributed by atoms with E-state index in [2.05, 4.69) is 72.9 Å². The van der Waals surface area contributed by atoms with Gasteiger partial charge < -0.3 is 5.32 Å². The zero-order valence-electron chi connectivity index (χ0n) is 13.1. The standard InChI is InChI=1S/C20H19NS2/c1-2-15-12-16-8-6-7-11-18(16)19(13-15)21-20(22)14-23-17-9-4-3-5-10-17/h3-13H,2,14H2,1H3,(H,21,22). The number of hydrogen-bond acceptors (Lipinski definition) is 2. The van der Waals surface area contributed by atoms with Crippen LogP contribution in [0.3, 0.4) is 0 Å². The molecule has 1 nitrogen and oxygen atoms in total. The van der Waals surface area contributed by atoms with Crippen LogP contribution in [0.15, 0.2) is 71.6 Å². The molecule has 0 fully saturated rings. The van der Waals surface area contributed by atoms with Gasteiger partial charge in [0.25, 0.3) is 0 Å². The summed E-state index contributed by atoms with van der Waals surface area (Å²) in [6.07, 6.45) is 1.02. The summed E-state index contributed by atoms with van der Waals surface area (Å²) in [6.45, 7) is 2.18. The minimum atomic E-state index is 0.782. The normalized spacial score (nSPS) is 10.7. The van der Waals surface area contributed by atoms with Crippen LogP contribution in [-0.2, 0) is 6.42 Å². The summed E-state index contributed by atoms with van der Waals surface area (Å²) in [7, 11) is 0. The summed E-state index contributed by atoms with van der Waals surface area (Å²) >= 11 is 7.31. The fraction of sp³-hybridized carbons (Fsp3) is 0.150. The van der Waals surface area contributed by atoms with Crippen molar-refractivity contribution in [3.05, 3.63) is 72.3 Å². The van der Waals surface area contributed by atoms with Gasteiger partial charge in [0.2, 0.25) is 0 Å². The quantitative estimate of drug-likeness (QED) is 0.457. The van der Waals surface area contributed by atoms with Crippen molar-refractivity contribution >= 4 is 45.4 Å². The molecule has 0 aliphatic carbocycles. The summed E-state index contributed by atoms with van der Waals surface area (Å²) in [5, 5.41) is 5.92. The lowest BCUT2D eigenvalue weighted by Gasteiger charge is -2.13. The number of benzene rings is 3. The lowest BCUT2D eigenvalue weighted by atomic mass is 10.0. The number of nitrogens with one attached hydrogen (secondary N) is 1. The van der Waals surface area contributed by atoms with Crippen LogP contribution in [0.2, 0.25) is 0 Å². The molecule has 0 saturated heterocycles. The average Bonchev–Trinajstić information content (AvgIpc) is 2.60. The molecule has 3 heteroatoms. The van der Waals surface area contributed by atoms with Gasteiger partial charge in [0.1, 0.15) is 0 Å². The van der Waals surface area contributed by atoms with E-state index in [9.17, 15) is 0 Å². The summed E-state index contributed by atoms with van der Waals surface area (Å²) in [4.78, 5) is 2.10. The molecular weight excluding hydrogens is 318 g/mol. The van der Waals surface area contributed by atoms with Gasteiger partial charge in [0.05, 0.1) is 4.99 Å². The van der Waals surface area contributed by atoms with Crippen molar-refractivity contribution in [1.82, 2.24) is 0 Å². The maximum absolute atomic E-state index is 5.55. The average molecular weight is 338 g/mol. The largest absolute Gasteiger partial charge is 0.349 e. The second-order valence-electron chi connectivity index (χ2n) is 5.37. The van der Waals surface area contributed by atoms with Gasteiger partial charge in [-0.15, -0.1) is 11.8 Å². The highest BCUT2D eigenvalue weighted by atomic mass is 32.2. The molecule has 23 heavy (non-hydrogen) atoms. The van der Waals surface area contributed by atoms with Gasteiger partial charge in [0, 0.05) is 21.7 Å². The minimum Gasteiger partial charge on any atom is -0.349 e. The zero-order valence-corrected chi connectivity index (χ0v) is 14.7. The molecule has 116 valence electrons. The second-order valence-corrected chi connectivity index (χ2v) is 6.91. The van der Waals surface area contributed by atoms with E-state index >= 15 is 0 Å². The van der Waals surface area contributed by atoms with Gasteiger partial charge in [-0.05, 0) is 35.6 Å². The van der Waals surface area contributed by atoms with E-state index in [-0.39, 0.29) is 0 Å². The summed E-state index contributed by atoms with van der Waals surface area (Å²) in [5.74, 6) is 0.782. The maximum atomic E-state index is 5.55.